The van der Waals surface area contributed by atoms with E-state index in [-0.39, 0.29) is 36.8 Å². The summed E-state index contributed by atoms with van der Waals surface area (Å²) in [6.07, 6.45) is -0.103. The lowest BCUT2D eigenvalue weighted by atomic mass is 10.2. The van der Waals surface area contributed by atoms with Gasteiger partial charge in [0, 0.05) is 17.1 Å². The molecule has 2 aromatic carbocycles. The van der Waals surface area contributed by atoms with Gasteiger partial charge >= 0.3 is 12.5 Å². The Morgan fingerprint density at radius 1 is 1.14 bits per heavy atom. The van der Waals surface area contributed by atoms with E-state index in [9.17, 15) is 18.4 Å². The number of benzene rings is 2. The highest BCUT2D eigenvalue weighted by molar-refractivity contribution is 6.30. The number of alkyl halides is 2. The van der Waals surface area contributed by atoms with Gasteiger partial charge in [-0.05, 0) is 36.4 Å². The first-order chi connectivity index (χ1) is 13.5. The molecule has 0 unspecified atom stereocenters. The van der Waals surface area contributed by atoms with Gasteiger partial charge in [-0.15, -0.1) is 0 Å². The third-order valence-electron chi connectivity index (χ3n) is 3.95. The molecule has 1 aromatic heterocycles. The lowest BCUT2D eigenvalue weighted by molar-refractivity contribution is -0.145. The number of nitrogens with one attached hydrogen (secondary N) is 1. The van der Waals surface area contributed by atoms with Crippen LogP contribution in [0.15, 0.2) is 48.5 Å². The monoisotopic (exact) mass is 407 g/mol. The molecule has 9 heteroatoms. The first kappa shape index (κ1) is 19.8. The number of ether oxygens (including phenoxy) is 1. The zero-order valence-corrected chi connectivity index (χ0v) is 15.3. The Kier molecular flexibility index (Phi) is 6.20. The summed E-state index contributed by atoms with van der Waals surface area (Å²) in [5, 5.41) is 3.08. The van der Waals surface area contributed by atoms with Gasteiger partial charge in [0.15, 0.2) is 5.82 Å². The summed E-state index contributed by atoms with van der Waals surface area (Å²) in [5.41, 5.74) is 1.06. The lowest BCUT2D eigenvalue weighted by Gasteiger charge is -2.09. The topological polar surface area (TPSA) is 73.2 Å². The maximum absolute atomic E-state index is 13.3. The number of aromatic nitrogens is 2. The van der Waals surface area contributed by atoms with Crippen molar-refractivity contribution in [3.8, 4) is 0 Å². The summed E-state index contributed by atoms with van der Waals surface area (Å²) < 4.78 is 32.4. The molecule has 0 aliphatic heterocycles. The highest BCUT2D eigenvalue weighted by Crippen LogP contribution is 2.23. The third-order valence-corrected chi connectivity index (χ3v) is 4.20. The number of halogens is 3. The predicted molar refractivity (Wildman–Crippen MR) is 99.2 cm³/mol. The molecule has 28 heavy (non-hydrogen) atoms. The zero-order chi connectivity index (χ0) is 20.1. The fourth-order valence-electron chi connectivity index (χ4n) is 2.61. The van der Waals surface area contributed by atoms with Crippen LogP contribution in [0, 0.1) is 0 Å². The van der Waals surface area contributed by atoms with Crippen LogP contribution in [0.1, 0.15) is 29.2 Å². The summed E-state index contributed by atoms with van der Waals surface area (Å²) in [5.74, 6) is -1.04. The average molecular weight is 408 g/mol. The van der Waals surface area contributed by atoms with Crippen LogP contribution in [0.3, 0.4) is 0 Å². The Morgan fingerprint density at radius 3 is 2.57 bits per heavy atom. The summed E-state index contributed by atoms with van der Waals surface area (Å²) in [4.78, 5) is 27.9. The number of fused-ring (bicyclic) bond motifs is 1. The normalized spacial score (nSPS) is 11.0. The van der Waals surface area contributed by atoms with Gasteiger partial charge < -0.3 is 10.1 Å². The van der Waals surface area contributed by atoms with Crippen molar-refractivity contribution in [1.82, 2.24) is 14.9 Å². The zero-order valence-electron chi connectivity index (χ0n) is 14.6. The SMILES string of the molecule is O=C(CCNC(=O)c1ccc(Cl)cc1)OCc1nc2ccccc2n1C(F)F. The van der Waals surface area contributed by atoms with Crippen LogP contribution in [0.5, 0.6) is 0 Å². The molecule has 0 aliphatic carbocycles. The molecule has 3 rings (SSSR count). The van der Waals surface area contributed by atoms with Crippen molar-refractivity contribution in [3.63, 3.8) is 0 Å². The molecule has 0 fully saturated rings. The molecule has 0 radical (unpaired) electrons. The second-order valence-corrected chi connectivity index (χ2v) is 6.27. The molecule has 0 aliphatic rings. The Hall–Kier alpha value is -3.00. The summed E-state index contributed by atoms with van der Waals surface area (Å²) >= 11 is 5.76. The van der Waals surface area contributed by atoms with E-state index >= 15 is 0 Å². The Balaban J connectivity index is 1.52. The first-order valence-electron chi connectivity index (χ1n) is 8.39. The van der Waals surface area contributed by atoms with Crippen molar-refractivity contribution in [3.05, 3.63) is 64.9 Å². The third kappa shape index (κ3) is 4.64. The van der Waals surface area contributed by atoms with Gasteiger partial charge in [0.2, 0.25) is 0 Å². The first-order valence-corrected chi connectivity index (χ1v) is 8.77. The van der Waals surface area contributed by atoms with Crippen molar-refractivity contribution in [2.24, 2.45) is 0 Å². The van der Waals surface area contributed by atoms with Gasteiger partial charge in [0.25, 0.3) is 5.91 Å². The van der Waals surface area contributed by atoms with Crippen molar-refractivity contribution in [2.75, 3.05) is 6.54 Å². The van der Waals surface area contributed by atoms with Crippen LogP contribution in [0.4, 0.5) is 8.78 Å². The number of hydrogen-bond acceptors (Lipinski definition) is 4. The summed E-state index contributed by atoms with van der Waals surface area (Å²) in [7, 11) is 0. The van der Waals surface area contributed by atoms with E-state index in [0.29, 0.717) is 16.1 Å². The Bertz CT molecular complexity index is 990. The standard InChI is InChI=1S/C19H16ClF2N3O3/c20-13-7-5-12(6-8-13)18(27)23-10-9-17(26)28-11-16-24-14-3-1-2-4-15(14)25(16)19(21)22/h1-8,19H,9-11H2,(H,23,27). The summed E-state index contributed by atoms with van der Waals surface area (Å²) in [6, 6.07) is 12.7. The van der Waals surface area contributed by atoms with Gasteiger partial charge in [-0.2, -0.15) is 8.78 Å². The van der Waals surface area contributed by atoms with E-state index in [1.165, 1.54) is 6.07 Å². The van der Waals surface area contributed by atoms with Gasteiger partial charge in [-0.25, -0.2) is 4.98 Å². The number of amides is 1. The van der Waals surface area contributed by atoms with Crippen molar-refractivity contribution in [1.29, 1.82) is 0 Å². The number of esters is 1. The summed E-state index contributed by atoms with van der Waals surface area (Å²) in [6.45, 7) is -3.14. The second kappa shape index (κ2) is 8.79. The predicted octanol–water partition coefficient (Wildman–Crippen LogP) is 3.95. The molecule has 1 heterocycles. The maximum Gasteiger partial charge on any atom is 0.320 e. The van der Waals surface area contributed by atoms with Crippen LogP contribution in [0.2, 0.25) is 5.02 Å². The Labute approximate surface area is 164 Å². The largest absolute Gasteiger partial charge is 0.457 e. The number of carbonyl (C=O) groups excluding carboxylic acids is 2. The van der Waals surface area contributed by atoms with E-state index in [1.807, 2.05) is 0 Å². The second-order valence-electron chi connectivity index (χ2n) is 5.84. The molecule has 0 bridgehead atoms. The molecule has 0 spiro atoms. The molecule has 0 saturated heterocycles. The fraction of sp³-hybridized carbons (Fsp3) is 0.211. The number of hydrogen-bond donors (Lipinski definition) is 1. The minimum Gasteiger partial charge on any atom is -0.457 e. The highest BCUT2D eigenvalue weighted by atomic mass is 35.5. The van der Waals surface area contributed by atoms with E-state index in [4.69, 9.17) is 16.3 Å². The number of rotatable bonds is 7. The molecule has 6 nitrogen and oxygen atoms in total. The molecule has 1 amide bonds. The van der Waals surface area contributed by atoms with Gasteiger partial charge in [0.1, 0.15) is 6.61 Å². The number of nitrogens with zero attached hydrogens (tertiary/aromatic N) is 2. The van der Waals surface area contributed by atoms with Crippen LogP contribution in [-0.4, -0.2) is 28.0 Å². The molecule has 3 aromatic rings. The van der Waals surface area contributed by atoms with E-state index in [2.05, 4.69) is 10.3 Å². The number of carbonyl (C=O) groups is 2. The molecular formula is C19H16ClF2N3O3. The van der Waals surface area contributed by atoms with Crippen molar-refractivity contribution >= 4 is 34.5 Å². The number of para-hydroxylation sites is 2. The Morgan fingerprint density at radius 2 is 1.86 bits per heavy atom. The lowest BCUT2D eigenvalue weighted by Crippen LogP contribution is -2.26. The van der Waals surface area contributed by atoms with E-state index < -0.39 is 12.5 Å². The minimum absolute atomic E-state index is 0.0465. The molecular weight excluding hydrogens is 392 g/mol. The quantitative estimate of drug-likeness (QED) is 0.602. The van der Waals surface area contributed by atoms with Crippen molar-refractivity contribution in [2.45, 2.75) is 19.6 Å². The fourth-order valence-corrected chi connectivity index (χ4v) is 2.74. The average Bonchev–Trinajstić information content (AvgIpc) is 3.05. The van der Waals surface area contributed by atoms with Gasteiger partial charge in [-0.1, -0.05) is 23.7 Å². The van der Waals surface area contributed by atoms with Gasteiger partial charge in [-0.3, -0.25) is 14.2 Å². The molecule has 0 atom stereocenters. The van der Waals surface area contributed by atoms with Crippen LogP contribution >= 0.6 is 11.6 Å². The number of imidazole rings is 1. The highest BCUT2D eigenvalue weighted by Gasteiger charge is 2.18. The van der Waals surface area contributed by atoms with Crippen molar-refractivity contribution < 1.29 is 23.1 Å². The smallest absolute Gasteiger partial charge is 0.320 e. The molecule has 1 N–H and O–H groups in total. The van der Waals surface area contributed by atoms with Crippen LogP contribution < -0.4 is 5.32 Å². The van der Waals surface area contributed by atoms with E-state index in [1.54, 1.807) is 42.5 Å². The maximum atomic E-state index is 13.3. The molecule has 0 saturated carbocycles. The minimum atomic E-state index is -2.81. The van der Waals surface area contributed by atoms with Gasteiger partial charge in [0.05, 0.1) is 17.5 Å². The molecule has 146 valence electrons. The van der Waals surface area contributed by atoms with E-state index in [0.717, 1.165) is 4.57 Å². The van der Waals surface area contributed by atoms with Crippen LogP contribution in [-0.2, 0) is 16.1 Å². The van der Waals surface area contributed by atoms with Crippen LogP contribution in [0.25, 0.3) is 11.0 Å².